The summed E-state index contributed by atoms with van der Waals surface area (Å²) >= 11 is 0. The summed E-state index contributed by atoms with van der Waals surface area (Å²) in [5.41, 5.74) is 6.58. The molecule has 4 heteroatoms. The average molecular weight is 204 g/mol. The first-order valence-electron chi connectivity index (χ1n) is 4.57. The second-order valence-electron chi connectivity index (χ2n) is 3.06. The Kier molecular flexibility index (Phi) is 4.32. The summed E-state index contributed by atoms with van der Waals surface area (Å²) in [5, 5.41) is 8.22. The lowest BCUT2D eigenvalue weighted by Crippen LogP contribution is -2.34. The Labute approximate surface area is 88.3 Å². The van der Waals surface area contributed by atoms with Gasteiger partial charge in [-0.1, -0.05) is 30.3 Å². The molecule has 2 N–H and O–H groups in total. The van der Waals surface area contributed by atoms with Gasteiger partial charge in [0.15, 0.2) is 6.61 Å². The summed E-state index contributed by atoms with van der Waals surface area (Å²) in [5.74, 6) is -0.541. The number of rotatable bonds is 4. The van der Waals surface area contributed by atoms with Crippen LogP contribution in [0.1, 0.15) is 5.56 Å². The number of ether oxygens (including phenoxy) is 1. The van der Waals surface area contributed by atoms with Crippen molar-refractivity contribution < 1.29 is 9.53 Å². The van der Waals surface area contributed by atoms with Crippen LogP contribution in [-0.4, -0.2) is 18.6 Å². The zero-order chi connectivity index (χ0) is 11.1. The molecule has 0 bridgehead atoms. The normalized spacial score (nSPS) is 11.5. The minimum Gasteiger partial charge on any atom is -0.449 e. The zero-order valence-corrected chi connectivity index (χ0v) is 8.22. The summed E-state index contributed by atoms with van der Waals surface area (Å²) < 4.78 is 4.60. The van der Waals surface area contributed by atoms with Crippen molar-refractivity contribution in [3.8, 4) is 6.07 Å². The Morgan fingerprint density at radius 3 is 2.73 bits per heavy atom. The van der Waals surface area contributed by atoms with Crippen LogP contribution in [0.5, 0.6) is 0 Å². The van der Waals surface area contributed by atoms with Gasteiger partial charge in [0.05, 0.1) is 0 Å². The van der Waals surface area contributed by atoms with E-state index in [4.69, 9.17) is 11.0 Å². The Balaban J connectivity index is 2.46. The molecule has 0 aliphatic heterocycles. The standard InChI is InChI=1S/C11H12N2O2/c12-6-7-15-11(14)10(13)8-9-4-2-1-3-5-9/h1-5,10H,7-8,13H2/t10-/m0/s1. The first kappa shape index (κ1) is 11.2. The molecule has 15 heavy (non-hydrogen) atoms. The first-order chi connectivity index (χ1) is 7.24. The van der Waals surface area contributed by atoms with Crippen LogP contribution in [0.2, 0.25) is 0 Å². The van der Waals surface area contributed by atoms with Crippen LogP contribution >= 0.6 is 0 Å². The van der Waals surface area contributed by atoms with E-state index in [1.165, 1.54) is 0 Å². The van der Waals surface area contributed by atoms with Crippen molar-refractivity contribution in [3.63, 3.8) is 0 Å². The fourth-order valence-electron chi connectivity index (χ4n) is 1.16. The van der Waals surface area contributed by atoms with Crippen molar-refractivity contribution in [1.82, 2.24) is 0 Å². The number of nitrogens with zero attached hydrogens (tertiary/aromatic N) is 1. The van der Waals surface area contributed by atoms with E-state index in [1.54, 1.807) is 6.07 Å². The lowest BCUT2D eigenvalue weighted by molar-refractivity contribution is -0.143. The third-order valence-electron chi connectivity index (χ3n) is 1.88. The fraction of sp³-hybridized carbons (Fsp3) is 0.273. The van der Waals surface area contributed by atoms with Gasteiger partial charge in [0.25, 0.3) is 0 Å². The summed E-state index contributed by atoms with van der Waals surface area (Å²) in [6.45, 7) is -0.249. The maximum atomic E-state index is 11.2. The van der Waals surface area contributed by atoms with E-state index in [2.05, 4.69) is 4.74 Å². The summed E-state index contributed by atoms with van der Waals surface area (Å²) in [7, 11) is 0. The fourth-order valence-corrected chi connectivity index (χ4v) is 1.16. The molecule has 0 radical (unpaired) electrons. The molecule has 0 fully saturated rings. The van der Waals surface area contributed by atoms with Crippen LogP contribution in [0.15, 0.2) is 30.3 Å². The van der Waals surface area contributed by atoms with E-state index in [0.29, 0.717) is 6.42 Å². The van der Waals surface area contributed by atoms with Gasteiger partial charge >= 0.3 is 5.97 Å². The number of hydrogen-bond acceptors (Lipinski definition) is 4. The molecule has 0 saturated heterocycles. The lowest BCUT2D eigenvalue weighted by Gasteiger charge is -2.09. The van der Waals surface area contributed by atoms with Gasteiger partial charge in [-0.2, -0.15) is 5.26 Å². The number of benzene rings is 1. The van der Waals surface area contributed by atoms with E-state index >= 15 is 0 Å². The van der Waals surface area contributed by atoms with Crippen LogP contribution in [0.4, 0.5) is 0 Å². The molecule has 0 saturated carbocycles. The van der Waals surface area contributed by atoms with Gasteiger partial charge in [0.1, 0.15) is 12.1 Å². The highest BCUT2D eigenvalue weighted by molar-refractivity contribution is 5.76. The number of hydrogen-bond donors (Lipinski definition) is 1. The van der Waals surface area contributed by atoms with Gasteiger partial charge in [-0.3, -0.25) is 4.79 Å². The van der Waals surface area contributed by atoms with Crippen molar-refractivity contribution in [2.45, 2.75) is 12.5 Å². The van der Waals surface area contributed by atoms with Crippen LogP contribution in [0.25, 0.3) is 0 Å². The third-order valence-corrected chi connectivity index (χ3v) is 1.88. The molecular weight excluding hydrogens is 192 g/mol. The molecule has 0 aromatic heterocycles. The second-order valence-corrected chi connectivity index (χ2v) is 3.06. The molecule has 4 nitrogen and oxygen atoms in total. The van der Waals surface area contributed by atoms with Crippen LogP contribution in [0.3, 0.4) is 0 Å². The van der Waals surface area contributed by atoms with Crippen molar-refractivity contribution in [1.29, 1.82) is 5.26 Å². The molecule has 0 amide bonds. The summed E-state index contributed by atoms with van der Waals surface area (Å²) in [6, 6.07) is 10.4. The minimum atomic E-state index is -0.708. The average Bonchev–Trinajstić information content (AvgIpc) is 2.27. The topological polar surface area (TPSA) is 76.1 Å². The largest absolute Gasteiger partial charge is 0.449 e. The highest BCUT2D eigenvalue weighted by atomic mass is 16.5. The third kappa shape index (κ3) is 3.79. The number of nitriles is 1. The molecule has 0 heterocycles. The van der Waals surface area contributed by atoms with Crippen molar-refractivity contribution >= 4 is 5.97 Å². The Morgan fingerprint density at radius 1 is 1.47 bits per heavy atom. The van der Waals surface area contributed by atoms with E-state index in [1.807, 2.05) is 30.3 Å². The van der Waals surface area contributed by atoms with Gasteiger partial charge in [0.2, 0.25) is 0 Å². The second kappa shape index (κ2) is 5.78. The van der Waals surface area contributed by atoms with Crippen LogP contribution in [-0.2, 0) is 16.0 Å². The lowest BCUT2D eigenvalue weighted by atomic mass is 10.1. The molecule has 0 aliphatic carbocycles. The first-order valence-corrected chi connectivity index (χ1v) is 4.57. The molecule has 0 aliphatic rings. The van der Waals surface area contributed by atoms with Gasteiger partial charge in [-0.15, -0.1) is 0 Å². The van der Waals surface area contributed by atoms with Crippen LogP contribution in [0, 0.1) is 11.3 Å². The van der Waals surface area contributed by atoms with Gasteiger partial charge in [-0.05, 0) is 12.0 Å². The number of esters is 1. The summed E-state index contributed by atoms with van der Waals surface area (Å²) in [4.78, 5) is 11.2. The van der Waals surface area contributed by atoms with Crippen molar-refractivity contribution in [3.05, 3.63) is 35.9 Å². The van der Waals surface area contributed by atoms with Gasteiger partial charge in [0, 0.05) is 0 Å². The zero-order valence-electron chi connectivity index (χ0n) is 8.22. The maximum absolute atomic E-state index is 11.2. The molecule has 1 aromatic carbocycles. The smallest absolute Gasteiger partial charge is 0.324 e. The number of carbonyl (C=O) groups excluding carboxylic acids is 1. The van der Waals surface area contributed by atoms with E-state index < -0.39 is 12.0 Å². The predicted molar refractivity (Wildman–Crippen MR) is 54.7 cm³/mol. The SMILES string of the molecule is N#CCOC(=O)[C@@H](N)Cc1ccccc1. The van der Waals surface area contributed by atoms with Crippen molar-refractivity contribution in [2.24, 2.45) is 5.73 Å². The van der Waals surface area contributed by atoms with Gasteiger partial charge < -0.3 is 10.5 Å². The predicted octanol–water partition coefficient (Wildman–Crippen LogP) is 0.623. The molecule has 1 atom stereocenters. The molecular formula is C11H12N2O2. The Bertz CT molecular complexity index is 357. The summed E-state index contributed by atoms with van der Waals surface area (Å²) in [6.07, 6.45) is 0.422. The van der Waals surface area contributed by atoms with E-state index in [-0.39, 0.29) is 6.61 Å². The number of nitrogens with two attached hydrogens (primary N) is 1. The maximum Gasteiger partial charge on any atom is 0.324 e. The minimum absolute atomic E-state index is 0.249. The molecule has 1 rings (SSSR count). The van der Waals surface area contributed by atoms with E-state index in [9.17, 15) is 4.79 Å². The quantitative estimate of drug-likeness (QED) is 0.729. The highest BCUT2D eigenvalue weighted by Crippen LogP contribution is 2.02. The highest BCUT2D eigenvalue weighted by Gasteiger charge is 2.14. The molecule has 78 valence electrons. The Hall–Kier alpha value is -1.86. The van der Waals surface area contributed by atoms with Crippen LogP contribution < -0.4 is 5.73 Å². The van der Waals surface area contributed by atoms with Gasteiger partial charge in [-0.25, -0.2) is 0 Å². The Morgan fingerprint density at radius 2 is 2.13 bits per heavy atom. The molecule has 1 aromatic rings. The van der Waals surface area contributed by atoms with Crippen molar-refractivity contribution in [2.75, 3.05) is 6.61 Å². The molecule has 0 spiro atoms. The van der Waals surface area contributed by atoms with E-state index in [0.717, 1.165) is 5.56 Å². The monoisotopic (exact) mass is 204 g/mol. The number of carbonyl (C=O) groups is 1. The molecule has 0 unspecified atom stereocenters.